The molecule has 0 spiro atoms. The quantitative estimate of drug-likeness (QED) is 0.317. The van der Waals surface area contributed by atoms with Crippen LogP contribution < -0.4 is 14.7 Å². The minimum atomic E-state index is -0.759. The van der Waals surface area contributed by atoms with E-state index in [-0.39, 0.29) is 5.57 Å². The Kier molecular flexibility index (Phi) is 6.43. The number of ether oxygens (including phenoxy) is 1. The molecule has 0 radical (unpaired) electrons. The van der Waals surface area contributed by atoms with Gasteiger partial charge in [0.15, 0.2) is 0 Å². The van der Waals surface area contributed by atoms with E-state index in [2.05, 4.69) is 4.98 Å². The number of nitrogens with one attached hydrogen (secondary N) is 1. The number of nitrogens with zero attached hydrogens (tertiary/aromatic N) is 3. The number of carbonyl (C=O) groups is 2. The summed E-state index contributed by atoms with van der Waals surface area (Å²) in [6.45, 7) is 4.89. The first kappa shape index (κ1) is 23.5. The molecule has 0 bridgehead atoms. The minimum absolute atomic E-state index is 0.0289. The Morgan fingerprint density at radius 2 is 1.85 bits per heavy atom. The zero-order chi connectivity index (χ0) is 24.6. The summed E-state index contributed by atoms with van der Waals surface area (Å²) in [4.78, 5) is 33.7. The first-order chi connectivity index (χ1) is 16.2. The zero-order valence-electron chi connectivity index (χ0n) is 20.2. The molecule has 1 fully saturated rings. The predicted octanol–water partition coefficient (Wildman–Crippen LogP) is 0.718. The number of quaternary nitrogens is 1. The summed E-state index contributed by atoms with van der Waals surface area (Å²) in [6, 6.07) is 10.2. The highest BCUT2D eigenvalue weighted by atomic mass is 16.5. The lowest BCUT2D eigenvalue weighted by molar-refractivity contribution is -0.858. The van der Waals surface area contributed by atoms with Crippen LogP contribution in [0.3, 0.4) is 0 Å². The van der Waals surface area contributed by atoms with Gasteiger partial charge in [0, 0.05) is 24.7 Å². The summed E-state index contributed by atoms with van der Waals surface area (Å²) in [7, 11) is 5.65. The maximum Gasteiger partial charge on any atom is 0.295 e. The van der Waals surface area contributed by atoms with E-state index >= 15 is 0 Å². The number of benzene rings is 1. The average Bonchev–Trinajstić information content (AvgIpc) is 3.28. The van der Waals surface area contributed by atoms with E-state index in [1.165, 1.54) is 9.80 Å². The number of hydrogen-bond donors (Lipinski definition) is 1. The second-order valence-electron chi connectivity index (χ2n) is 8.99. The predicted molar refractivity (Wildman–Crippen MR) is 126 cm³/mol. The molecule has 1 atom stereocenters. The number of carbonyl (C=O) groups excluding carboxylic acids is 2. The molecule has 2 aromatic heterocycles. The third-order valence-corrected chi connectivity index (χ3v) is 6.27. The van der Waals surface area contributed by atoms with Crippen LogP contribution in [0.2, 0.25) is 0 Å². The SMILES string of the molecule is COc1ccc(C2C(=C([O-])c3c(C)nc4c(C)cccn34)C(=O)C(=O)N2CCC[NH+](C)C)cc1. The molecule has 1 aliphatic rings. The highest BCUT2D eigenvalue weighted by molar-refractivity contribution is 6.46. The van der Waals surface area contributed by atoms with Gasteiger partial charge in [-0.1, -0.05) is 24.0 Å². The highest BCUT2D eigenvalue weighted by Crippen LogP contribution is 2.39. The summed E-state index contributed by atoms with van der Waals surface area (Å²) in [5.74, 6) is -1.19. The van der Waals surface area contributed by atoms with Crippen molar-refractivity contribution >= 4 is 23.1 Å². The molecule has 8 nitrogen and oxygen atoms in total. The number of hydrogen-bond acceptors (Lipinski definition) is 5. The number of imidazole rings is 1. The summed E-state index contributed by atoms with van der Waals surface area (Å²) in [5, 5.41) is 13.9. The molecule has 4 rings (SSSR count). The molecular formula is C26H30N4O4. The second kappa shape index (κ2) is 9.30. The number of aromatic nitrogens is 2. The lowest BCUT2D eigenvalue weighted by Crippen LogP contribution is -3.05. The Hall–Kier alpha value is -3.65. The van der Waals surface area contributed by atoms with Crippen LogP contribution >= 0.6 is 0 Å². The Balaban J connectivity index is 1.88. The number of fused-ring (bicyclic) bond motifs is 1. The smallest absolute Gasteiger partial charge is 0.295 e. The van der Waals surface area contributed by atoms with E-state index in [9.17, 15) is 14.7 Å². The van der Waals surface area contributed by atoms with E-state index in [0.29, 0.717) is 41.3 Å². The van der Waals surface area contributed by atoms with E-state index < -0.39 is 23.5 Å². The Labute approximate surface area is 199 Å². The molecule has 1 amide bonds. The van der Waals surface area contributed by atoms with Gasteiger partial charge in [0.25, 0.3) is 5.91 Å². The number of Topliss-reactive ketones (excluding diaryl/α,β-unsaturated/α-hetero) is 1. The lowest BCUT2D eigenvalue weighted by Gasteiger charge is -2.27. The normalized spacial score (nSPS) is 17.8. The number of likely N-dealkylation sites (tertiary alicyclic amines) is 1. The van der Waals surface area contributed by atoms with Crippen LogP contribution in [-0.2, 0) is 9.59 Å². The fourth-order valence-corrected chi connectivity index (χ4v) is 4.56. The molecule has 1 unspecified atom stereocenters. The van der Waals surface area contributed by atoms with Crippen LogP contribution in [0.15, 0.2) is 48.2 Å². The second-order valence-corrected chi connectivity index (χ2v) is 8.99. The third-order valence-electron chi connectivity index (χ3n) is 6.27. The maximum atomic E-state index is 13.9. The molecule has 8 heteroatoms. The van der Waals surface area contributed by atoms with Crippen molar-refractivity contribution in [2.45, 2.75) is 26.3 Å². The number of methoxy groups -OCH3 is 1. The van der Waals surface area contributed by atoms with Crippen LogP contribution in [0.5, 0.6) is 5.75 Å². The van der Waals surface area contributed by atoms with Gasteiger partial charge in [-0.05, 0) is 43.2 Å². The van der Waals surface area contributed by atoms with Crippen molar-refractivity contribution in [3.8, 4) is 5.75 Å². The van der Waals surface area contributed by atoms with Gasteiger partial charge in [0.05, 0.1) is 45.2 Å². The largest absolute Gasteiger partial charge is 0.871 e. The van der Waals surface area contributed by atoms with Crippen molar-refractivity contribution in [3.05, 3.63) is 70.7 Å². The van der Waals surface area contributed by atoms with E-state index in [0.717, 1.165) is 12.1 Å². The van der Waals surface area contributed by atoms with Gasteiger partial charge in [-0.25, -0.2) is 4.98 Å². The van der Waals surface area contributed by atoms with Crippen LogP contribution in [0.4, 0.5) is 0 Å². The van der Waals surface area contributed by atoms with Gasteiger partial charge in [-0.3, -0.25) is 9.59 Å². The van der Waals surface area contributed by atoms with Gasteiger partial charge in [-0.15, -0.1) is 0 Å². The summed E-state index contributed by atoms with van der Waals surface area (Å²) >= 11 is 0. The van der Waals surface area contributed by atoms with E-state index in [4.69, 9.17) is 4.74 Å². The van der Waals surface area contributed by atoms with Crippen LogP contribution in [0, 0.1) is 13.8 Å². The number of ketones is 1. The fourth-order valence-electron chi connectivity index (χ4n) is 4.56. The first-order valence-corrected chi connectivity index (χ1v) is 11.4. The van der Waals surface area contributed by atoms with Crippen LogP contribution in [0.25, 0.3) is 11.4 Å². The lowest BCUT2D eigenvalue weighted by atomic mass is 9.96. The topological polar surface area (TPSA) is 91.4 Å². The molecule has 3 heterocycles. The highest BCUT2D eigenvalue weighted by Gasteiger charge is 2.44. The third kappa shape index (κ3) is 4.05. The standard InChI is InChI=1S/C26H30N4O4/c1-16-8-6-14-29-21(17(2)27-25(16)29)23(31)20-22(18-9-11-19(34-5)12-10-18)30(26(33)24(20)32)15-7-13-28(3)4/h6,8-12,14,22,31H,7,13,15H2,1-5H3. The van der Waals surface area contributed by atoms with Crippen molar-refractivity contribution in [2.75, 3.05) is 34.3 Å². The number of amides is 1. The Morgan fingerprint density at radius 1 is 1.15 bits per heavy atom. The van der Waals surface area contributed by atoms with Gasteiger partial charge in [0.2, 0.25) is 5.78 Å². The van der Waals surface area contributed by atoms with Gasteiger partial charge < -0.3 is 24.0 Å². The van der Waals surface area contributed by atoms with Crippen LogP contribution in [0.1, 0.15) is 35.0 Å². The van der Waals surface area contributed by atoms with Crippen molar-refractivity contribution in [2.24, 2.45) is 0 Å². The molecular weight excluding hydrogens is 432 g/mol. The van der Waals surface area contributed by atoms with Crippen molar-refractivity contribution in [1.29, 1.82) is 0 Å². The number of rotatable bonds is 7. The van der Waals surface area contributed by atoms with Crippen molar-refractivity contribution in [1.82, 2.24) is 14.3 Å². The Bertz CT molecular complexity index is 1270. The Morgan fingerprint density at radius 3 is 2.50 bits per heavy atom. The van der Waals surface area contributed by atoms with Crippen molar-refractivity contribution in [3.63, 3.8) is 0 Å². The molecule has 3 aromatic rings. The van der Waals surface area contributed by atoms with Gasteiger partial charge in [-0.2, -0.15) is 0 Å². The molecule has 1 aromatic carbocycles. The molecule has 34 heavy (non-hydrogen) atoms. The minimum Gasteiger partial charge on any atom is -0.871 e. The first-order valence-electron chi connectivity index (χ1n) is 11.4. The molecule has 0 saturated carbocycles. The molecule has 178 valence electrons. The van der Waals surface area contributed by atoms with Crippen molar-refractivity contribution < 1.29 is 24.3 Å². The monoisotopic (exact) mass is 462 g/mol. The summed E-state index contributed by atoms with van der Waals surface area (Å²) in [6.07, 6.45) is 2.47. The van der Waals surface area contributed by atoms with E-state index in [1.807, 2.05) is 33.2 Å². The summed E-state index contributed by atoms with van der Waals surface area (Å²) in [5.41, 5.74) is 3.08. The van der Waals surface area contributed by atoms with Crippen LogP contribution in [-0.4, -0.2) is 60.3 Å². The molecule has 1 N–H and O–H groups in total. The molecule has 1 saturated heterocycles. The van der Waals surface area contributed by atoms with Gasteiger partial charge in [0.1, 0.15) is 11.4 Å². The molecule has 1 aliphatic heterocycles. The van der Waals surface area contributed by atoms with Gasteiger partial charge >= 0.3 is 0 Å². The zero-order valence-corrected chi connectivity index (χ0v) is 20.2. The average molecular weight is 463 g/mol. The summed E-state index contributed by atoms with van der Waals surface area (Å²) < 4.78 is 6.97. The number of pyridine rings is 1. The fraction of sp³-hybridized carbons (Fsp3) is 0.346. The molecule has 0 aliphatic carbocycles. The maximum absolute atomic E-state index is 13.9. The number of aryl methyl sites for hydroxylation is 2. The van der Waals surface area contributed by atoms with E-state index in [1.54, 1.807) is 48.9 Å².